The van der Waals surface area contributed by atoms with Gasteiger partial charge in [-0.2, -0.15) is 0 Å². The van der Waals surface area contributed by atoms with Gasteiger partial charge in [-0.15, -0.1) is 0 Å². The maximum atomic E-state index is 6.77. The van der Waals surface area contributed by atoms with Crippen LogP contribution in [0.5, 0.6) is 0 Å². The van der Waals surface area contributed by atoms with Crippen molar-refractivity contribution in [1.82, 2.24) is 0 Å². The molecule has 0 heterocycles. The SMILES string of the molecule is [C-]#[N+]CC1(CC(C)C)CC1. The molecule has 1 aliphatic rings. The van der Waals surface area contributed by atoms with Gasteiger partial charge in [0, 0.05) is 5.41 Å². The summed E-state index contributed by atoms with van der Waals surface area (Å²) < 4.78 is 0. The quantitative estimate of drug-likeness (QED) is 0.527. The van der Waals surface area contributed by atoms with Gasteiger partial charge in [-0.05, 0) is 25.2 Å². The lowest BCUT2D eigenvalue weighted by Gasteiger charge is -2.09. The molecule has 1 rings (SSSR count). The second-order valence-corrected chi connectivity index (χ2v) is 3.91. The van der Waals surface area contributed by atoms with E-state index in [1.807, 2.05) is 0 Å². The van der Waals surface area contributed by atoms with Crippen molar-refractivity contribution in [2.75, 3.05) is 6.54 Å². The zero-order chi connectivity index (χ0) is 7.61. The van der Waals surface area contributed by atoms with Crippen LogP contribution >= 0.6 is 0 Å². The van der Waals surface area contributed by atoms with Crippen molar-refractivity contribution in [2.24, 2.45) is 11.3 Å². The molecule has 0 unspecified atom stereocenters. The highest BCUT2D eigenvalue weighted by Crippen LogP contribution is 2.50. The lowest BCUT2D eigenvalue weighted by Crippen LogP contribution is -2.07. The van der Waals surface area contributed by atoms with E-state index in [0.29, 0.717) is 5.41 Å². The molecule has 0 saturated heterocycles. The molecule has 0 radical (unpaired) electrons. The summed E-state index contributed by atoms with van der Waals surface area (Å²) in [4.78, 5) is 3.47. The summed E-state index contributed by atoms with van der Waals surface area (Å²) in [6.07, 6.45) is 3.86. The highest BCUT2D eigenvalue weighted by molar-refractivity contribution is 4.98. The van der Waals surface area contributed by atoms with E-state index in [9.17, 15) is 0 Å². The average molecular weight is 137 g/mol. The van der Waals surface area contributed by atoms with E-state index in [-0.39, 0.29) is 0 Å². The molecule has 1 saturated carbocycles. The molecule has 56 valence electrons. The van der Waals surface area contributed by atoms with Gasteiger partial charge in [-0.25, -0.2) is 6.57 Å². The molecule has 0 aromatic rings. The molecular weight excluding hydrogens is 122 g/mol. The van der Waals surface area contributed by atoms with Gasteiger partial charge in [0.2, 0.25) is 6.54 Å². The standard InChI is InChI=1S/C9H15N/c1-8(2)6-9(4-5-9)7-10-3/h8H,4-7H2,1-2H3. The molecule has 1 aliphatic carbocycles. The third-order valence-electron chi connectivity index (χ3n) is 2.21. The van der Waals surface area contributed by atoms with Gasteiger partial charge in [-0.3, -0.25) is 0 Å². The molecule has 10 heavy (non-hydrogen) atoms. The summed E-state index contributed by atoms with van der Waals surface area (Å²) in [5, 5.41) is 0. The van der Waals surface area contributed by atoms with Crippen LogP contribution in [-0.2, 0) is 0 Å². The Morgan fingerprint density at radius 3 is 2.40 bits per heavy atom. The molecule has 0 aliphatic heterocycles. The Labute approximate surface area is 63.3 Å². The van der Waals surface area contributed by atoms with Crippen LogP contribution in [0, 0.1) is 17.9 Å². The summed E-state index contributed by atoms with van der Waals surface area (Å²) >= 11 is 0. The largest absolute Gasteiger partial charge is 0.316 e. The van der Waals surface area contributed by atoms with E-state index in [1.54, 1.807) is 0 Å². The van der Waals surface area contributed by atoms with Gasteiger partial charge >= 0.3 is 0 Å². The maximum Gasteiger partial charge on any atom is 0.220 e. The topological polar surface area (TPSA) is 4.36 Å². The minimum Gasteiger partial charge on any atom is -0.316 e. The van der Waals surface area contributed by atoms with Gasteiger partial charge in [-0.1, -0.05) is 13.8 Å². The van der Waals surface area contributed by atoms with Gasteiger partial charge in [0.15, 0.2) is 0 Å². The summed E-state index contributed by atoms with van der Waals surface area (Å²) in [5.41, 5.74) is 0.468. The number of rotatable bonds is 3. The zero-order valence-electron chi connectivity index (χ0n) is 6.85. The second-order valence-electron chi connectivity index (χ2n) is 3.91. The molecule has 1 fully saturated rings. The van der Waals surface area contributed by atoms with Crippen LogP contribution in [0.15, 0.2) is 0 Å². The molecule has 1 nitrogen and oxygen atoms in total. The first-order valence-electron chi connectivity index (χ1n) is 4.02. The fraction of sp³-hybridized carbons (Fsp3) is 0.889. The molecule has 0 atom stereocenters. The van der Waals surface area contributed by atoms with Crippen LogP contribution in [-0.4, -0.2) is 6.54 Å². The van der Waals surface area contributed by atoms with Crippen molar-refractivity contribution in [1.29, 1.82) is 0 Å². The Balaban J connectivity index is 2.32. The molecule has 0 N–H and O–H groups in total. The van der Waals surface area contributed by atoms with Crippen molar-refractivity contribution in [3.05, 3.63) is 11.4 Å². The monoisotopic (exact) mass is 137 g/mol. The highest BCUT2D eigenvalue weighted by atomic mass is 14.7. The first-order valence-corrected chi connectivity index (χ1v) is 4.02. The summed E-state index contributed by atoms with van der Waals surface area (Å²) in [7, 11) is 0. The third kappa shape index (κ3) is 1.73. The van der Waals surface area contributed by atoms with E-state index in [0.717, 1.165) is 12.5 Å². The van der Waals surface area contributed by atoms with Crippen molar-refractivity contribution in [3.8, 4) is 0 Å². The predicted molar refractivity (Wildman–Crippen MR) is 42.6 cm³/mol. The summed E-state index contributed by atoms with van der Waals surface area (Å²) in [6, 6.07) is 0. The Bertz CT molecular complexity index is 149. The fourth-order valence-corrected chi connectivity index (χ4v) is 1.64. The summed E-state index contributed by atoms with van der Waals surface area (Å²) in [6.45, 7) is 12.0. The molecule has 0 amide bonds. The smallest absolute Gasteiger partial charge is 0.220 e. The van der Waals surface area contributed by atoms with Crippen molar-refractivity contribution >= 4 is 0 Å². The Kier molecular flexibility index (Phi) is 1.99. The first kappa shape index (κ1) is 7.60. The average Bonchev–Trinajstić information content (AvgIpc) is 2.47. The van der Waals surface area contributed by atoms with Crippen LogP contribution in [0.3, 0.4) is 0 Å². The highest BCUT2D eigenvalue weighted by Gasteiger charge is 2.45. The minimum atomic E-state index is 0.468. The summed E-state index contributed by atoms with van der Waals surface area (Å²) in [5.74, 6) is 0.768. The van der Waals surface area contributed by atoms with Crippen molar-refractivity contribution in [3.63, 3.8) is 0 Å². The Morgan fingerprint density at radius 1 is 1.50 bits per heavy atom. The van der Waals surface area contributed by atoms with Crippen molar-refractivity contribution < 1.29 is 0 Å². The van der Waals surface area contributed by atoms with E-state index in [1.165, 1.54) is 19.3 Å². The van der Waals surface area contributed by atoms with E-state index in [4.69, 9.17) is 6.57 Å². The zero-order valence-corrected chi connectivity index (χ0v) is 6.85. The van der Waals surface area contributed by atoms with Gasteiger partial charge in [0.1, 0.15) is 0 Å². The maximum absolute atomic E-state index is 6.77. The number of hydrogen-bond donors (Lipinski definition) is 0. The van der Waals surface area contributed by atoms with E-state index < -0.39 is 0 Å². The molecule has 0 aromatic heterocycles. The van der Waals surface area contributed by atoms with Crippen LogP contribution in [0.2, 0.25) is 0 Å². The Hall–Kier alpha value is -0.510. The van der Waals surface area contributed by atoms with Gasteiger partial charge in [0.05, 0.1) is 0 Å². The van der Waals surface area contributed by atoms with Crippen LogP contribution in [0.1, 0.15) is 33.1 Å². The predicted octanol–water partition coefficient (Wildman–Crippen LogP) is 2.73. The van der Waals surface area contributed by atoms with Crippen molar-refractivity contribution in [2.45, 2.75) is 33.1 Å². The van der Waals surface area contributed by atoms with Crippen LogP contribution in [0.25, 0.3) is 4.85 Å². The minimum absolute atomic E-state index is 0.468. The normalized spacial score (nSPS) is 20.6. The van der Waals surface area contributed by atoms with Crippen LogP contribution in [0.4, 0.5) is 0 Å². The number of hydrogen-bond acceptors (Lipinski definition) is 0. The van der Waals surface area contributed by atoms with Crippen LogP contribution < -0.4 is 0 Å². The lowest BCUT2D eigenvalue weighted by molar-refractivity contribution is 0.414. The molecular formula is C9H15N. The van der Waals surface area contributed by atoms with Gasteiger partial charge < -0.3 is 4.85 Å². The second kappa shape index (κ2) is 2.62. The van der Waals surface area contributed by atoms with E-state index in [2.05, 4.69) is 18.7 Å². The van der Waals surface area contributed by atoms with E-state index >= 15 is 0 Å². The molecule has 1 heteroatoms. The molecule has 0 bridgehead atoms. The third-order valence-corrected chi connectivity index (χ3v) is 2.21. The lowest BCUT2D eigenvalue weighted by atomic mass is 9.94. The fourth-order valence-electron chi connectivity index (χ4n) is 1.64. The number of nitrogens with zero attached hydrogens (tertiary/aromatic N) is 1. The molecule has 0 aromatic carbocycles. The van der Waals surface area contributed by atoms with Gasteiger partial charge in [0.25, 0.3) is 0 Å². The first-order chi connectivity index (χ1) is 4.68. The Morgan fingerprint density at radius 2 is 2.10 bits per heavy atom. The molecule has 0 spiro atoms.